The first-order valence-electron chi connectivity index (χ1n) is 12.7. The van der Waals surface area contributed by atoms with Gasteiger partial charge < -0.3 is 14.2 Å². The van der Waals surface area contributed by atoms with Gasteiger partial charge in [0.15, 0.2) is 0 Å². The molecule has 3 aromatic carbocycles. The first kappa shape index (κ1) is 23.1. The van der Waals surface area contributed by atoms with Gasteiger partial charge in [0.05, 0.1) is 46.3 Å². The molecule has 3 nitrogen and oxygen atoms in total. The minimum Gasteiger partial charge on any atom is -0.457 e. The Morgan fingerprint density at radius 2 is 0.771 bits per heavy atom. The lowest BCUT2D eigenvalue weighted by Gasteiger charge is -2.48. The monoisotopic (exact) mass is 516 g/mol. The van der Waals surface area contributed by atoms with Crippen molar-refractivity contribution in [1.29, 1.82) is 0 Å². The van der Waals surface area contributed by atoms with E-state index in [1.807, 2.05) is 0 Å². The van der Waals surface area contributed by atoms with Gasteiger partial charge >= 0.3 is 0 Å². The molecule has 0 aromatic heterocycles. The topological polar surface area (TPSA) is 27.7 Å². The highest BCUT2D eigenvalue weighted by atomic mass is 28.3. The highest BCUT2D eigenvalue weighted by molar-refractivity contribution is 6.90. The first-order chi connectivity index (χ1) is 16.1. The van der Waals surface area contributed by atoms with Gasteiger partial charge in [-0.3, -0.25) is 0 Å². The molecule has 0 saturated carbocycles. The van der Waals surface area contributed by atoms with Crippen LogP contribution in [0.2, 0.25) is 58.9 Å². The molecule has 0 fully saturated rings. The number of hydrogen-bond donors (Lipinski definition) is 0. The highest BCUT2D eigenvalue weighted by Crippen LogP contribution is 2.65. The predicted octanol–water partition coefficient (Wildman–Crippen LogP) is 6.99. The van der Waals surface area contributed by atoms with E-state index in [-0.39, 0.29) is 5.41 Å². The van der Waals surface area contributed by atoms with Gasteiger partial charge in [0.1, 0.15) is 34.5 Å². The van der Waals surface area contributed by atoms with Crippen molar-refractivity contribution in [1.82, 2.24) is 0 Å². The van der Waals surface area contributed by atoms with Crippen LogP contribution in [0.5, 0.6) is 34.5 Å². The molecule has 3 aliphatic rings. The standard InChI is InChI=1S/C29H36O3Si3/c1-29-23-17-11-14-20(33(2,3)4)26(23)31-19-13-16-22(35(8,9)10)28(25(19)29)32-27-21(34(5,6)7)15-12-18(30-17)24(27)29/h11-16H,1-10H3/t29-/m0/s1. The molecule has 0 amide bonds. The summed E-state index contributed by atoms with van der Waals surface area (Å²) in [6, 6.07) is 13.3. The lowest BCUT2D eigenvalue weighted by atomic mass is 9.66. The van der Waals surface area contributed by atoms with E-state index in [1.54, 1.807) is 0 Å². The van der Waals surface area contributed by atoms with Crippen molar-refractivity contribution in [3.63, 3.8) is 0 Å². The van der Waals surface area contributed by atoms with E-state index < -0.39 is 24.2 Å². The molecule has 3 aromatic rings. The summed E-state index contributed by atoms with van der Waals surface area (Å²) >= 11 is 0. The molecule has 0 N–H and O–H groups in total. The molecule has 0 spiro atoms. The molecule has 3 aliphatic heterocycles. The lowest BCUT2D eigenvalue weighted by molar-refractivity contribution is 0.341. The van der Waals surface area contributed by atoms with Crippen LogP contribution in [-0.4, -0.2) is 24.2 Å². The van der Waals surface area contributed by atoms with E-state index >= 15 is 0 Å². The molecule has 1 atom stereocenters. The maximum absolute atomic E-state index is 7.05. The van der Waals surface area contributed by atoms with Gasteiger partial charge in [0, 0.05) is 0 Å². The van der Waals surface area contributed by atoms with E-state index in [1.165, 1.54) is 32.3 Å². The molecule has 6 rings (SSSR count). The fraction of sp³-hybridized carbons (Fsp3) is 0.379. The van der Waals surface area contributed by atoms with Gasteiger partial charge in [-0.05, 0) is 40.7 Å². The normalized spacial score (nSPS) is 19.4. The molecule has 0 bridgehead atoms. The van der Waals surface area contributed by atoms with Crippen LogP contribution in [0.3, 0.4) is 0 Å². The SMILES string of the molecule is C[C@@]12c3c4ccc([Si](C)(C)C)c3Oc3ccc([Si](C)(C)C)c(c31)Oc1c([Si](C)(C)C)ccc(c12)O4. The first-order valence-corrected chi connectivity index (χ1v) is 23.2. The second kappa shape index (κ2) is 6.72. The Bertz CT molecular complexity index is 1380. The minimum absolute atomic E-state index is 0.379. The Morgan fingerprint density at radius 3 is 1.11 bits per heavy atom. The molecule has 182 valence electrons. The summed E-state index contributed by atoms with van der Waals surface area (Å²) in [4.78, 5) is 0. The molecule has 0 saturated heterocycles. The van der Waals surface area contributed by atoms with Crippen LogP contribution in [0, 0.1) is 0 Å². The summed E-state index contributed by atoms with van der Waals surface area (Å²) in [7, 11) is -5.07. The maximum atomic E-state index is 7.05. The summed E-state index contributed by atoms with van der Waals surface area (Å²) in [5, 5.41) is 4.06. The van der Waals surface area contributed by atoms with E-state index in [2.05, 4.69) is 102 Å². The van der Waals surface area contributed by atoms with E-state index in [4.69, 9.17) is 14.2 Å². The van der Waals surface area contributed by atoms with E-state index in [0.717, 1.165) is 34.5 Å². The van der Waals surface area contributed by atoms with E-state index in [0.29, 0.717) is 0 Å². The van der Waals surface area contributed by atoms with Crippen LogP contribution >= 0.6 is 0 Å². The zero-order valence-electron chi connectivity index (χ0n) is 22.7. The third-order valence-corrected chi connectivity index (χ3v) is 13.9. The second-order valence-corrected chi connectivity index (χ2v) is 28.7. The fourth-order valence-corrected chi connectivity index (χ4v) is 10.5. The summed E-state index contributed by atoms with van der Waals surface area (Å²) in [5.74, 6) is 5.85. The second-order valence-electron chi connectivity index (χ2n) is 13.6. The van der Waals surface area contributed by atoms with Crippen LogP contribution in [0.15, 0.2) is 36.4 Å². The Morgan fingerprint density at radius 1 is 0.457 bits per heavy atom. The lowest BCUT2D eigenvalue weighted by Crippen LogP contribution is -2.48. The van der Waals surface area contributed by atoms with Crippen LogP contribution in [0.4, 0.5) is 0 Å². The summed E-state index contributed by atoms with van der Waals surface area (Å²) in [5.41, 5.74) is 3.17. The van der Waals surface area contributed by atoms with Gasteiger partial charge in [-0.2, -0.15) is 0 Å². The maximum Gasteiger partial charge on any atom is 0.135 e. The van der Waals surface area contributed by atoms with Crippen molar-refractivity contribution in [2.24, 2.45) is 0 Å². The van der Waals surface area contributed by atoms with Crippen molar-refractivity contribution >= 4 is 39.8 Å². The molecule has 0 radical (unpaired) electrons. The van der Waals surface area contributed by atoms with E-state index in [9.17, 15) is 0 Å². The largest absolute Gasteiger partial charge is 0.457 e. The summed E-state index contributed by atoms with van der Waals surface area (Å²) in [6.45, 7) is 24.0. The van der Waals surface area contributed by atoms with Crippen molar-refractivity contribution in [3.8, 4) is 34.5 Å². The average Bonchev–Trinajstić information content (AvgIpc) is 2.70. The molecule has 0 unspecified atom stereocenters. The molecular formula is C29H36O3Si3. The Kier molecular flexibility index (Phi) is 4.44. The van der Waals surface area contributed by atoms with Gasteiger partial charge in [-0.15, -0.1) is 0 Å². The summed E-state index contributed by atoms with van der Waals surface area (Å²) in [6.07, 6.45) is 0. The van der Waals surface area contributed by atoms with Gasteiger partial charge in [-0.1, -0.05) is 77.1 Å². The van der Waals surface area contributed by atoms with Crippen molar-refractivity contribution < 1.29 is 14.2 Å². The quantitative estimate of drug-likeness (QED) is 0.275. The average molecular weight is 517 g/mol. The fourth-order valence-electron chi connectivity index (χ4n) is 6.16. The van der Waals surface area contributed by atoms with Crippen molar-refractivity contribution in [3.05, 3.63) is 53.1 Å². The predicted molar refractivity (Wildman–Crippen MR) is 154 cm³/mol. The smallest absolute Gasteiger partial charge is 0.135 e. The summed E-state index contributed by atoms with van der Waals surface area (Å²) < 4.78 is 20.5. The minimum atomic E-state index is -1.70. The number of rotatable bonds is 3. The molecular weight excluding hydrogens is 481 g/mol. The third-order valence-electron chi connectivity index (χ3n) is 7.92. The van der Waals surface area contributed by atoms with Crippen LogP contribution in [-0.2, 0) is 5.41 Å². The number of benzene rings is 3. The Balaban J connectivity index is 1.81. The Hall–Kier alpha value is -2.29. The molecule has 6 heteroatoms. The zero-order chi connectivity index (χ0) is 25.3. The number of hydrogen-bond acceptors (Lipinski definition) is 3. The molecule has 0 aliphatic carbocycles. The van der Waals surface area contributed by atoms with Gasteiger partial charge in [0.2, 0.25) is 0 Å². The van der Waals surface area contributed by atoms with Crippen molar-refractivity contribution in [2.75, 3.05) is 0 Å². The number of ether oxygens (including phenoxy) is 3. The molecule has 35 heavy (non-hydrogen) atoms. The van der Waals surface area contributed by atoms with Gasteiger partial charge in [-0.25, -0.2) is 0 Å². The van der Waals surface area contributed by atoms with Crippen LogP contribution in [0.1, 0.15) is 23.6 Å². The third kappa shape index (κ3) is 2.99. The van der Waals surface area contributed by atoms with Gasteiger partial charge in [0.25, 0.3) is 0 Å². The van der Waals surface area contributed by atoms with Crippen LogP contribution in [0.25, 0.3) is 0 Å². The zero-order valence-corrected chi connectivity index (χ0v) is 25.7. The van der Waals surface area contributed by atoms with Crippen molar-refractivity contribution in [2.45, 2.75) is 71.3 Å². The van der Waals surface area contributed by atoms with Crippen LogP contribution < -0.4 is 29.8 Å². The molecule has 3 heterocycles. The highest BCUT2D eigenvalue weighted by Gasteiger charge is 2.55. The Labute approximate surface area is 212 Å².